The highest BCUT2D eigenvalue weighted by molar-refractivity contribution is 7.15. The van der Waals surface area contributed by atoms with E-state index in [0.717, 1.165) is 16.8 Å². The number of hydrogen-bond donors (Lipinski definition) is 0. The highest BCUT2D eigenvalue weighted by atomic mass is 35.5. The first-order valence-corrected chi connectivity index (χ1v) is 9.15. The van der Waals surface area contributed by atoms with Crippen LogP contribution in [0.25, 0.3) is 22.4 Å². The second kappa shape index (κ2) is 6.55. The summed E-state index contributed by atoms with van der Waals surface area (Å²) in [6, 6.07) is 15.2. The third-order valence-electron chi connectivity index (χ3n) is 4.06. The molecule has 4 rings (SSSR count). The van der Waals surface area contributed by atoms with Gasteiger partial charge in [0.1, 0.15) is 0 Å². The molecule has 0 bridgehead atoms. The van der Waals surface area contributed by atoms with Crippen LogP contribution in [-0.4, -0.2) is 28.7 Å². The molecule has 0 radical (unpaired) electrons. The number of nitrogens with zero attached hydrogens (tertiary/aromatic N) is 4. The summed E-state index contributed by atoms with van der Waals surface area (Å²) in [4.78, 5) is 15.5. The summed E-state index contributed by atoms with van der Waals surface area (Å²) in [7, 11) is 3.99. The summed E-state index contributed by atoms with van der Waals surface area (Å²) < 4.78 is 2.18. The Morgan fingerprint density at radius 3 is 2.38 bits per heavy atom. The molecule has 0 aliphatic rings. The predicted octanol–water partition coefficient (Wildman–Crippen LogP) is 3.09. The average molecular weight is 383 g/mol. The Labute approximate surface area is 158 Å². The van der Waals surface area contributed by atoms with Crippen LogP contribution in [-0.2, 0) is 0 Å². The number of fused-ring (bicyclic) bond motifs is 1. The van der Waals surface area contributed by atoms with Gasteiger partial charge in [0.05, 0.1) is 4.53 Å². The Hall–Kier alpha value is -2.70. The number of rotatable bonds is 3. The molecule has 0 N–H and O–H groups in total. The lowest BCUT2D eigenvalue weighted by Gasteiger charge is -2.11. The van der Waals surface area contributed by atoms with E-state index < -0.39 is 0 Å². The van der Waals surface area contributed by atoms with Gasteiger partial charge in [-0.3, -0.25) is 4.79 Å². The highest BCUT2D eigenvalue weighted by Crippen LogP contribution is 2.20. The molecule has 2 aromatic heterocycles. The minimum Gasteiger partial charge on any atom is -0.378 e. The zero-order valence-electron chi connectivity index (χ0n) is 14.2. The van der Waals surface area contributed by atoms with Crippen molar-refractivity contribution in [2.45, 2.75) is 0 Å². The average Bonchev–Trinajstić information content (AvgIpc) is 3.17. The first-order valence-electron chi connectivity index (χ1n) is 7.96. The zero-order chi connectivity index (χ0) is 18.3. The molecule has 0 saturated heterocycles. The molecule has 5 nitrogen and oxygen atoms in total. The van der Waals surface area contributed by atoms with Crippen molar-refractivity contribution in [1.82, 2.24) is 14.6 Å². The van der Waals surface area contributed by atoms with Crippen molar-refractivity contribution in [3.8, 4) is 11.4 Å². The van der Waals surface area contributed by atoms with Crippen molar-refractivity contribution in [2.24, 2.45) is 0 Å². The summed E-state index contributed by atoms with van der Waals surface area (Å²) >= 11 is 7.27. The van der Waals surface area contributed by atoms with Gasteiger partial charge >= 0.3 is 0 Å². The lowest BCUT2D eigenvalue weighted by atomic mass is 10.2. The van der Waals surface area contributed by atoms with Gasteiger partial charge in [0.25, 0.3) is 5.56 Å². The van der Waals surface area contributed by atoms with E-state index in [0.29, 0.717) is 20.3 Å². The molecular formula is C19H15ClN4OS. The molecule has 0 saturated carbocycles. The third kappa shape index (κ3) is 2.98. The van der Waals surface area contributed by atoms with Gasteiger partial charge in [-0.2, -0.15) is 0 Å². The minimum absolute atomic E-state index is 0.114. The van der Waals surface area contributed by atoms with Crippen LogP contribution in [0.4, 0.5) is 5.69 Å². The van der Waals surface area contributed by atoms with Gasteiger partial charge in [-0.1, -0.05) is 35.1 Å². The summed E-state index contributed by atoms with van der Waals surface area (Å²) in [5, 5.41) is 8.94. The van der Waals surface area contributed by atoms with Crippen molar-refractivity contribution in [3.63, 3.8) is 0 Å². The lowest BCUT2D eigenvalue weighted by molar-refractivity contribution is 1.09. The van der Waals surface area contributed by atoms with E-state index in [9.17, 15) is 4.79 Å². The first-order chi connectivity index (χ1) is 12.5. The van der Waals surface area contributed by atoms with Crippen LogP contribution in [0.1, 0.15) is 5.56 Å². The fourth-order valence-corrected chi connectivity index (χ4v) is 3.71. The molecule has 0 amide bonds. The van der Waals surface area contributed by atoms with Crippen molar-refractivity contribution >= 4 is 39.7 Å². The van der Waals surface area contributed by atoms with Crippen LogP contribution in [0, 0.1) is 0 Å². The quantitative estimate of drug-likeness (QED) is 0.546. The number of aromatic nitrogens is 3. The van der Waals surface area contributed by atoms with Gasteiger partial charge < -0.3 is 4.90 Å². The summed E-state index contributed by atoms with van der Waals surface area (Å²) in [5.74, 6) is 0.528. The molecule has 0 aliphatic heterocycles. The lowest BCUT2D eigenvalue weighted by Crippen LogP contribution is -2.23. The topological polar surface area (TPSA) is 50.5 Å². The monoisotopic (exact) mass is 382 g/mol. The SMILES string of the molecule is CN(C)c1ccc(/C=c2/sc3nnc(-c4ccc(Cl)cc4)n3c2=O)cc1. The molecule has 2 aromatic carbocycles. The Balaban J connectivity index is 1.81. The van der Waals surface area contributed by atoms with E-state index in [1.165, 1.54) is 11.3 Å². The number of anilines is 1. The maximum atomic E-state index is 12.9. The smallest absolute Gasteiger partial charge is 0.276 e. The maximum absolute atomic E-state index is 12.9. The first kappa shape index (κ1) is 16.8. The Morgan fingerprint density at radius 2 is 1.73 bits per heavy atom. The van der Waals surface area contributed by atoms with Gasteiger partial charge in [0.2, 0.25) is 4.96 Å². The van der Waals surface area contributed by atoms with E-state index in [-0.39, 0.29) is 5.56 Å². The highest BCUT2D eigenvalue weighted by Gasteiger charge is 2.14. The predicted molar refractivity (Wildman–Crippen MR) is 107 cm³/mol. The van der Waals surface area contributed by atoms with Gasteiger partial charge in [0.15, 0.2) is 5.82 Å². The summed E-state index contributed by atoms with van der Waals surface area (Å²) in [6.07, 6.45) is 1.88. The molecule has 0 aliphatic carbocycles. The number of thiazole rings is 1. The molecule has 4 aromatic rings. The van der Waals surface area contributed by atoms with Crippen LogP contribution in [0.2, 0.25) is 5.02 Å². The second-order valence-corrected chi connectivity index (χ2v) is 7.50. The van der Waals surface area contributed by atoms with Crippen LogP contribution in [0.3, 0.4) is 0 Å². The fraction of sp³-hybridized carbons (Fsp3) is 0.105. The molecule has 2 heterocycles. The number of halogens is 1. The third-order valence-corrected chi connectivity index (χ3v) is 5.27. The Morgan fingerprint density at radius 1 is 1.04 bits per heavy atom. The molecular weight excluding hydrogens is 368 g/mol. The maximum Gasteiger partial charge on any atom is 0.276 e. The van der Waals surface area contributed by atoms with Gasteiger partial charge in [-0.25, -0.2) is 4.40 Å². The van der Waals surface area contributed by atoms with Crippen molar-refractivity contribution in [1.29, 1.82) is 0 Å². The normalized spacial score (nSPS) is 12.0. The van der Waals surface area contributed by atoms with Crippen LogP contribution in [0.15, 0.2) is 53.3 Å². The Kier molecular flexibility index (Phi) is 4.22. The Bertz CT molecular complexity index is 1180. The molecule has 0 fully saturated rings. The summed E-state index contributed by atoms with van der Waals surface area (Å²) in [5.41, 5.74) is 2.77. The zero-order valence-corrected chi connectivity index (χ0v) is 15.8. The number of hydrogen-bond acceptors (Lipinski definition) is 5. The van der Waals surface area contributed by atoms with Crippen LogP contribution < -0.4 is 15.0 Å². The van der Waals surface area contributed by atoms with Crippen molar-refractivity contribution in [3.05, 3.63) is 74.0 Å². The molecule has 0 atom stereocenters. The molecule has 0 spiro atoms. The fourth-order valence-electron chi connectivity index (χ4n) is 2.67. The van der Waals surface area contributed by atoms with Crippen molar-refractivity contribution in [2.75, 3.05) is 19.0 Å². The van der Waals surface area contributed by atoms with Crippen LogP contribution in [0.5, 0.6) is 0 Å². The van der Waals surface area contributed by atoms with Crippen molar-refractivity contribution < 1.29 is 0 Å². The molecule has 130 valence electrons. The largest absolute Gasteiger partial charge is 0.378 e. The summed E-state index contributed by atoms with van der Waals surface area (Å²) in [6.45, 7) is 0. The van der Waals surface area contributed by atoms with E-state index in [1.54, 1.807) is 16.5 Å². The van der Waals surface area contributed by atoms with Gasteiger partial charge in [0, 0.05) is 30.4 Å². The molecule has 7 heteroatoms. The standard InChI is InChI=1S/C19H15ClN4OS/c1-23(2)15-9-3-12(4-10-15)11-16-18(25)24-17(21-22-19(24)26-16)13-5-7-14(20)8-6-13/h3-11H,1-2H3/b16-11+. The second-order valence-electron chi connectivity index (χ2n) is 6.05. The van der Waals surface area contributed by atoms with E-state index in [2.05, 4.69) is 10.2 Å². The molecule has 26 heavy (non-hydrogen) atoms. The van der Waals surface area contributed by atoms with E-state index in [4.69, 9.17) is 11.6 Å². The van der Waals surface area contributed by atoms with Gasteiger partial charge in [-0.15, -0.1) is 10.2 Å². The van der Waals surface area contributed by atoms with E-state index in [1.807, 2.05) is 61.5 Å². The minimum atomic E-state index is -0.114. The molecule has 0 unspecified atom stereocenters. The van der Waals surface area contributed by atoms with E-state index >= 15 is 0 Å². The number of benzene rings is 2. The van der Waals surface area contributed by atoms with Crippen LogP contribution >= 0.6 is 22.9 Å². The van der Waals surface area contributed by atoms with Gasteiger partial charge in [-0.05, 0) is 48.0 Å².